The summed E-state index contributed by atoms with van der Waals surface area (Å²) in [6.07, 6.45) is 1.88. The molecule has 1 aliphatic rings. The molecule has 1 heterocycles. The number of hydrogen-bond acceptors (Lipinski definition) is 6. The third-order valence-electron chi connectivity index (χ3n) is 5.78. The predicted molar refractivity (Wildman–Crippen MR) is 128 cm³/mol. The largest absolute Gasteiger partial charge is 0.496 e. The number of ether oxygens (including phenoxy) is 2. The molecule has 1 fully saturated rings. The highest BCUT2D eigenvalue weighted by Crippen LogP contribution is 2.42. The van der Waals surface area contributed by atoms with Crippen molar-refractivity contribution >= 4 is 21.6 Å². The molecule has 0 atom stereocenters. The second-order valence-corrected chi connectivity index (χ2v) is 9.95. The molecular formula is C22H28ClN5O4S. The average Bonchev–Trinajstić information content (AvgIpc) is 2.83. The van der Waals surface area contributed by atoms with Crippen LogP contribution in [0, 0.1) is 5.92 Å². The Kier molecular flexibility index (Phi) is 8.82. The monoisotopic (exact) mass is 493 g/mol. The van der Waals surface area contributed by atoms with Gasteiger partial charge < -0.3 is 14.4 Å². The lowest BCUT2D eigenvalue weighted by molar-refractivity contribution is 0.190. The van der Waals surface area contributed by atoms with E-state index in [-0.39, 0.29) is 9.92 Å². The summed E-state index contributed by atoms with van der Waals surface area (Å²) < 4.78 is 39.1. The molecule has 3 rings (SSSR count). The summed E-state index contributed by atoms with van der Waals surface area (Å²) in [5.41, 5.74) is 9.72. The summed E-state index contributed by atoms with van der Waals surface area (Å²) in [6.45, 7) is 3.14. The number of piperidine rings is 1. The Morgan fingerprint density at radius 1 is 1.18 bits per heavy atom. The Hall–Kier alpha value is -2.49. The third-order valence-corrected chi connectivity index (χ3v) is 7.55. The van der Waals surface area contributed by atoms with Crippen LogP contribution in [-0.2, 0) is 10.0 Å². The van der Waals surface area contributed by atoms with E-state index in [9.17, 15) is 8.42 Å². The first-order valence-corrected chi connectivity index (χ1v) is 12.5. The fourth-order valence-electron chi connectivity index (χ4n) is 3.95. The molecule has 0 unspecified atom stereocenters. The Morgan fingerprint density at radius 2 is 1.85 bits per heavy atom. The molecule has 33 heavy (non-hydrogen) atoms. The van der Waals surface area contributed by atoms with E-state index in [0.717, 1.165) is 25.9 Å². The van der Waals surface area contributed by atoms with Gasteiger partial charge >= 0.3 is 0 Å². The molecule has 11 heteroatoms. The molecule has 0 spiro atoms. The van der Waals surface area contributed by atoms with Gasteiger partial charge in [-0.1, -0.05) is 28.8 Å². The van der Waals surface area contributed by atoms with Gasteiger partial charge in [-0.25, -0.2) is 13.1 Å². The lowest BCUT2D eigenvalue weighted by Gasteiger charge is -2.31. The average molecular weight is 494 g/mol. The van der Waals surface area contributed by atoms with Gasteiger partial charge in [-0.05, 0) is 61.6 Å². The van der Waals surface area contributed by atoms with Crippen LogP contribution in [0.1, 0.15) is 12.8 Å². The number of benzene rings is 2. The first kappa shape index (κ1) is 25.1. The van der Waals surface area contributed by atoms with Crippen molar-refractivity contribution in [3.05, 3.63) is 51.9 Å². The summed E-state index contributed by atoms with van der Waals surface area (Å²) in [6, 6.07) is 10.0. The van der Waals surface area contributed by atoms with Crippen molar-refractivity contribution < 1.29 is 17.9 Å². The van der Waals surface area contributed by atoms with Gasteiger partial charge in [0.15, 0.2) is 0 Å². The summed E-state index contributed by atoms with van der Waals surface area (Å²) in [5, 5.41) is 3.93. The maximum Gasteiger partial charge on any atom is 0.240 e. The fraction of sp³-hybridized carbons (Fsp3) is 0.455. The van der Waals surface area contributed by atoms with E-state index in [0.29, 0.717) is 48.2 Å². The maximum atomic E-state index is 12.8. The molecule has 1 saturated heterocycles. The van der Waals surface area contributed by atoms with Crippen molar-refractivity contribution in [1.82, 2.24) is 9.62 Å². The van der Waals surface area contributed by atoms with Gasteiger partial charge in [-0.3, -0.25) is 0 Å². The van der Waals surface area contributed by atoms with Gasteiger partial charge in [-0.2, -0.15) is 0 Å². The first-order chi connectivity index (χ1) is 15.9. The number of rotatable bonds is 10. The lowest BCUT2D eigenvalue weighted by atomic mass is 9.97. The van der Waals surface area contributed by atoms with Gasteiger partial charge in [0.05, 0.1) is 29.7 Å². The minimum atomic E-state index is -3.72. The van der Waals surface area contributed by atoms with Crippen molar-refractivity contribution in [3.8, 4) is 22.6 Å². The fourth-order valence-corrected chi connectivity index (χ4v) is 5.34. The number of nitrogens with one attached hydrogen (secondary N) is 1. The van der Waals surface area contributed by atoms with E-state index in [1.54, 1.807) is 38.5 Å². The van der Waals surface area contributed by atoms with Gasteiger partial charge in [0.25, 0.3) is 0 Å². The zero-order valence-electron chi connectivity index (χ0n) is 18.7. The smallest absolute Gasteiger partial charge is 0.240 e. The van der Waals surface area contributed by atoms with Crippen LogP contribution in [0.3, 0.4) is 0 Å². The van der Waals surface area contributed by atoms with Gasteiger partial charge in [0.2, 0.25) is 10.0 Å². The Balaban J connectivity index is 1.65. The van der Waals surface area contributed by atoms with Crippen molar-refractivity contribution in [2.75, 3.05) is 46.9 Å². The van der Waals surface area contributed by atoms with Crippen LogP contribution in [0.2, 0.25) is 5.02 Å². The SMILES string of the molecule is COc1cccc(OC)c1-c1ccc(S(=O)(=O)NCCN2CCC(CN=[N+]=[N-])CC2)cc1Cl. The number of likely N-dealkylation sites (tertiary alicyclic amines) is 1. The third kappa shape index (κ3) is 6.31. The van der Waals surface area contributed by atoms with E-state index in [1.165, 1.54) is 12.1 Å². The highest BCUT2D eigenvalue weighted by Gasteiger charge is 2.21. The number of sulfonamides is 1. The van der Waals surface area contributed by atoms with E-state index in [2.05, 4.69) is 19.6 Å². The van der Waals surface area contributed by atoms with Crippen LogP contribution in [0.5, 0.6) is 11.5 Å². The number of halogens is 1. The maximum absolute atomic E-state index is 12.8. The summed E-state index contributed by atoms with van der Waals surface area (Å²) in [4.78, 5) is 5.12. The molecule has 0 aromatic heterocycles. The van der Waals surface area contributed by atoms with Crippen LogP contribution in [0.4, 0.5) is 0 Å². The van der Waals surface area contributed by atoms with E-state index < -0.39 is 10.0 Å². The lowest BCUT2D eigenvalue weighted by Crippen LogP contribution is -2.40. The highest BCUT2D eigenvalue weighted by molar-refractivity contribution is 7.89. The van der Waals surface area contributed by atoms with Crippen LogP contribution in [0.15, 0.2) is 46.4 Å². The Bertz CT molecular complexity index is 1090. The highest BCUT2D eigenvalue weighted by atomic mass is 35.5. The van der Waals surface area contributed by atoms with Gasteiger partial charge in [-0.15, -0.1) is 0 Å². The van der Waals surface area contributed by atoms with Gasteiger partial charge in [0.1, 0.15) is 11.5 Å². The number of hydrogen-bond donors (Lipinski definition) is 1. The Morgan fingerprint density at radius 3 is 2.42 bits per heavy atom. The number of azide groups is 1. The predicted octanol–water partition coefficient (Wildman–Crippen LogP) is 4.32. The second-order valence-electron chi connectivity index (χ2n) is 7.78. The van der Waals surface area contributed by atoms with E-state index >= 15 is 0 Å². The molecule has 2 aromatic rings. The molecule has 0 amide bonds. The van der Waals surface area contributed by atoms with Crippen LogP contribution in [-0.4, -0.2) is 60.3 Å². The van der Waals surface area contributed by atoms with Crippen molar-refractivity contribution in [3.63, 3.8) is 0 Å². The van der Waals surface area contributed by atoms with Crippen molar-refractivity contribution in [2.24, 2.45) is 11.0 Å². The summed E-state index contributed by atoms with van der Waals surface area (Å²) >= 11 is 6.49. The number of methoxy groups -OCH3 is 2. The minimum Gasteiger partial charge on any atom is -0.496 e. The quantitative estimate of drug-likeness (QED) is 0.300. The molecule has 0 aliphatic carbocycles. The molecule has 0 saturated carbocycles. The molecule has 0 radical (unpaired) electrons. The molecule has 0 bridgehead atoms. The summed E-state index contributed by atoms with van der Waals surface area (Å²) in [5.74, 6) is 1.55. The number of nitrogens with zero attached hydrogens (tertiary/aromatic N) is 4. The molecule has 2 aromatic carbocycles. The molecule has 1 aliphatic heterocycles. The Labute approximate surface area is 199 Å². The van der Waals surface area contributed by atoms with Crippen LogP contribution < -0.4 is 14.2 Å². The van der Waals surface area contributed by atoms with E-state index in [1.807, 2.05) is 0 Å². The molecule has 1 N–H and O–H groups in total. The zero-order valence-corrected chi connectivity index (χ0v) is 20.3. The molecule has 9 nitrogen and oxygen atoms in total. The molecular weight excluding hydrogens is 466 g/mol. The van der Waals surface area contributed by atoms with Crippen molar-refractivity contribution in [1.29, 1.82) is 0 Å². The second kappa shape index (κ2) is 11.6. The molecule has 178 valence electrons. The normalized spacial score (nSPS) is 15.1. The van der Waals surface area contributed by atoms with Crippen molar-refractivity contribution in [2.45, 2.75) is 17.7 Å². The van der Waals surface area contributed by atoms with Crippen LogP contribution >= 0.6 is 11.6 Å². The topological polar surface area (TPSA) is 117 Å². The standard InChI is InChI=1S/C22H28ClN5O4S/c1-31-20-4-3-5-21(32-2)22(20)18-7-6-17(14-19(18)23)33(29,30)26-10-13-28-11-8-16(9-12-28)15-25-27-24/h3-7,14,16,26H,8-13,15H2,1-2H3. The van der Waals surface area contributed by atoms with Crippen LogP contribution in [0.25, 0.3) is 21.6 Å². The van der Waals surface area contributed by atoms with Gasteiger partial charge in [0, 0.05) is 30.1 Å². The van der Waals surface area contributed by atoms with E-state index in [4.69, 9.17) is 26.6 Å². The zero-order chi connectivity index (χ0) is 23.8. The minimum absolute atomic E-state index is 0.0955. The summed E-state index contributed by atoms with van der Waals surface area (Å²) in [7, 11) is -0.609. The first-order valence-electron chi connectivity index (χ1n) is 10.6.